The molecule has 21 heavy (non-hydrogen) atoms. The maximum absolute atomic E-state index is 9.06. The van der Waals surface area contributed by atoms with Crippen LogP contribution in [0.4, 0.5) is 17.3 Å². The van der Waals surface area contributed by atoms with Crippen molar-refractivity contribution in [3.8, 4) is 12.1 Å². The maximum Gasteiger partial charge on any atom is 0.139 e. The number of nitriles is 2. The van der Waals surface area contributed by atoms with Gasteiger partial charge < -0.3 is 10.6 Å². The van der Waals surface area contributed by atoms with Crippen molar-refractivity contribution >= 4 is 17.3 Å². The average molecular weight is 278 g/mol. The molecule has 0 saturated carbocycles. The maximum atomic E-state index is 9.06. The van der Waals surface area contributed by atoms with Gasteiger partial charge in [-0.3, -0.25) is 0 Å². The summed E-state index contributed by atoms with van der Waals surface area (Å²) in [5.74, 6) is 2.06. The molecule has 0 bridgehead atoms. The summed E-state index contributed by atoms with van der Waals surface area (Å²) in [6.45, 7) is 3.72. The number of hydrogen-bond acceptors (Lipinski definition) is 6. The summed E-state index contributed by atoms with van der Waals surface area (Å²) in [6.07, 6.45) is 0. The number of nitrogens with zero attached hydrogens (tertiary/aromatic N) is 4. The van der Waals surface area contributed by atoms with Crippen LogP contribution in [0.1, 0.15) is 22.5 Å². The molecule has 0 aliphatic carbocycles. The van der Waals surface area contributed by atoms with Crippen molar-refractivity contribution in [1.29, 1.82) is 10.5 Å². The van der Waals surface area contributed by atoms with Gasteiger partial charge in [0, 0.05) is 18.3 Å². The molecule has 104 valence electrons. The van der Waals surface area contributed by atoms with Gasteiger partial charge in [-0.15, -0.1) is 0 Å². The zero-order valence-corrected chi connectivity index (χ0v) is 12.0. The van der Waals surface area contributed by atoms with Crippen molar-refractivity contribution < 1.29 is 0 Å². The third-order valence-corrected chi connectivity index (χ3v) is 3.02. The number of anilines is 3. The fourth-order valence-electron chi connectivity index (χ4n) is 1.94. The first-order valence-electron chi connectivity index (χ1n) is 6.33. The van der Waals surface area contributed by atoms with E-state index in [1.807, 2.05) is 26.0 Å². The molecule has 0 radical (unpaired) electrons. The quantitative estimate of drug-likeness (QED) is 0.895. The highest BCUT2D eigenvalue weighted by Gasteiger charge is 2.09. The van der Waals surface area contributed by atoms with Gasteiger partial charge in [-0.2, -0.15) is 10.5 Å². The Balaban J connectivity index is 2.42. The van der Waals surface area contributed by atoms with E-state index in [-0.39, 0.29) is 0 Å². The summed E-state index contributed by atoms with van der Waals surface area (Å²) in [4.78, 5) is 8.66. The molecule has 2 aromatic rings. The van der Waals surface area contributed by atoms with Crippen LogP contribution in [0.15, 0.2) is 18.2 Å². The highest BCUT2D eigenvalue weighted by Crippen LogP contribution is 2.24. The molecule has 0 amide bonds. The van der Waals surface area contributed by atoms with E-state index in [9.17, 15) is 0 Å². The largest absolute Gasteiger partial charge is 0.373 e. The van der Waals surface area contributed by atoms with Crippen molar-refractivity contribution in [3.05, 3.63) is 40.7 Å². The van der Waals surface area contributed by atoms with Crippen molar-refractivity contribution in [2.75, 3.05) is 17.7 Å². The predicted molar refractivity (Wildman–Crippen MR) is 80.2 cm³/mol. The minimum absolute atomic E-state index is 0.333. The molecule has 2 rings (SSSR count). The van der Waals surface area contributed by atoms with Gasteiger partial charge >= 0.3 is 0 Å². The van der Waals surface area contributed by atoms with E-state index < -0.39 is 0 Å². The molecule has 0 aliphatic heterocycles. The Morgan fingerprint density at radius 1 is 1.00 bits per heavy atom. The summed E-state index contributed by atoms with van der Waals surface area (Å²) in [7, 11) is 1.80. The van der Waals surface area contributed by atoms with E-state index in [1.165, 1.54) is 0 Å². The molecule has 1 aromatic carbocycles. The van der Waals surface area contributed by atoms with Crippen LogP contribution < -0.4 is 10.6 Å². The Hall–Kier alpha value is -3.12. The lowest BCUT2D eigenvalue weighted by molar-refractivity contribution is 1.04. The lowest BCUT2D eigenvalue weighted by atomic mass is 10.1. The highest BCUT2D eigenvalue weighted by molar-refractivity contribution is 5.67. The standard InChI is InChI=1S/C15H14N6/c1-9-14(18-3)19-10(2)20-15(9)21-13-5-4-11(7-16)12(6-13)8-17/h4-6H,1-3H3,(H2,18,19,20,21). The van der Waals surface area contributed by atoms with Gasteiger partial charge in [-0.1, -0.05) is 0 Å². The Morgan fingerprint density at radius 2 is 1.67 bits per heavy atom. The van der Waals surface area contributed by atoms with Gasteiger partial charge in [0.25, 0.3) is 0 Å². The van der Waals surface area contributed by atoms with E-state index in [1.54, 1.807) is 25.2 Å². The van der Waals surface area contributed by atoms with Crippen LogP contribution in [-0.4, -0.2) is 17.0 Å². The summed E-state index contributed by atoms with van der Waals surface area (Å²) < 4.78 is 0. The van der Waals surface area contributed by atoms with Crippen LogP contribution in [0.5, 0.6) is 0 Å². The minimum Gasteiger partial charge on any atom is -0.373 e. The van der Waals surface area contributed by atoms with Crippen LogP contribution in [0.2, 0.25) is 0 Å². The van der Waals surface area contributed by atoms with Gasteiger partial charge in [-0.05, 0) is 32.0 Å². The molecule has 0 atom stereocenters. The fraction of sp³-hybridized carbons (Fsp3) is 0.200. The molecular formula is C15H14N6. The smallest absolute Gasteiger partial charge is 0.139 e. The summed E-state index contributed by atoms with van der Waals surface area (Å²) in [5, 5.41) is 24.2. The Bertz CT molecular complexity index is 767. The Labute approximate surface area is 123 Å². The summed E-state index contributed by atoms with van der Waals surface area (Å²) in [5.41, 5.74) is 2.27. The van der Waals surface area contributed by atoms with Crippen LogP contribution in [0.3, 0.4) is 0 Å². The van der Waals surface area contributed by atoms with E-state index in [4.69, 9.17) is 10.5 Å². The SMILES string of the molecule is CNc1nc(C)nc(Nc2ccc(C#N)c(C#N)c2)c1C. The topological polar surface area (TPSA) is 97.4 Å². The molecule has 0 aliphatic rings. The molecule has 1 heterocycles. The fourth-order valence-corrected chi connectivity index (χ4v) is 1.94. The lowest BCUT2D eigenvalue weighted by Gasteiger charge is -2.13. The monoisotopic (exact) mass is 278 g/mol. The van der Waals surface area contributed by atoms with Gasteiger partial charge in [-0.25, -0.2) is 9.97 Å². The number of aromatic nitrogens is 2. The molecule has 0 fully saturated rings. The van der Waals surface area contributed by atoms with Crippen LogP contribution in [0.25, 0.3) is 0 Å². The zero-order valence-electron chi connectivity index (χ0n) is 12.0. The number of aryl methyl sites for hydroxylation is 1. The second-order valence-corrected chi connectivity index (χ2v) is 4.45. The van der Waals surface area contributed by atoms with E-state index in [2.05, 4.69) is 20.6 Å². The normalized spacial score (nSPS) is 9.57. The zero-order chi connectivity index (χ0) is 15.4. The van der Waals surface area contributed by atoms with E-state index in [0.29, 0.717) is 28.5 Å². The van der Waals surface area contributed by atoms with Gasteiger partial charge in [0.05, 0.1) is 11.1 Å². The van der Waals surface area contributed by atoms with Crippen molar-refractivity contribution in [1.82, 2.24) is 9.97 Å². The lowest BCUT2D eigenvalue weighted by Crippen LogP contribution is -2.05. The van der Waals surface area contributed by atoms with Crippen LogP contribution in [0, 0.1) is 36.5 Å². The van der Waals surface area contributed by atoms with E-state index in [0.717, 1.165) is 11.4 Å². The second kappa shape index (κ2) is 5.89. The predicted octanol–water partition coefficient (Wildman–Crippen LogP) is 2.62. The summed E-state index contributed by atoms with van der Waals surface area (Å²) >= 11 is 0. The van der Waals surface area contributed by atoms with E-state index >= 15 is 0 Å². The molecule has 6 nitrogen and oxygen atoms in total. The third-order valence-electron chi connectivity index (χ3n) is 3.02. The van der Waals surface area contributed by atoms with Crippen molar-refractivity contribution in [3.63, 3.8) is 0 Å². The number of nitrogens with one attached hydrogen (secondary N) is 2. The van der Waals surface area contributed by atoms with Crippen molar-refractivity contribution in [2.24, 2.45) is 0 Å². The molecule has 0 unspecified atom stereocenters. The van der Waals surface area contributed by atoms with Crippen LogP contribution >= 0.6 is 0 Å². The van der Waals surface area contributed by atoms with Gasteiger partial charge in [0.15, 0.2) is 0 Å². The Morgan fingerprint density at radius 3 is 2.29 bits per heavy atom. The first-order valence-corrected chi connectivity index (χ1v) is 6.33. The minimum atomic E-state index is 0.333. The first-order chi connectivity index (χ1) is 10.1. The molecule has 0 saturated heterocycles. The third kappa shape index (κ3) is 2.90. The number of benzene rings is 1. The highest BCUT2D eigenvalue weighted by atomic mass is 15.1. The van der Waals surface area contributed by atoms with Gasteiger partial charge in [0.2, 0.25) is 0 Å². The Kier molecular flexibility index (Phi) is 4.01. The number of hydrogen-bond donors (Lipinski definition) is 2. The number of rotatable bonds is 3. The molecule has 2 N–H and O–H groups in total. The molecular weight excluding hydrogens is 264 g/mol. The van der Waals surface area contributed by atoms with Crippen molar-refractivity contribution in [2.45, 2.75) is 13.8 Å². The summed E-state index contributed by atoms with van der Waals surface area (Å²) in [6, 6.07) is 9.00. The average Bonchev–Trinajstić information content (AvgIpc) is 2.50. The molecule has 6 heteroatoms. The first kappa shape index (κ1) is 14.3. The second-order valence-electron chi connectivity index (χ2n) is 4.45. The molecule has 0 spiro atoms. The van der Waals surface area contributed by atoms with Gasteiger partial charge in [0.1, 0.15) is 29.6 Å². The molecule has 1 aromatic heterocycles. The van der Waals surface area contributed by atoms with Crippen LogP contribution in [-0.2, 0) is 0 Å².